The highest BCUT2D eigenvalue weighted by Crippen LogP contribution is 2.42. The van der Waals surface area contributed by atoms with Crippen molar-refractivity contribution < 1.29 is 19.3 Å². The van der Waals surface area contributed by atoms with Crippen LogP contribution in [0.3, 0.4) is 0 Å². The highest BCUT2D eigenvalue weighted by atomic mass is 16.5. The average molecular weight is 392 g/mol. The number of hydrogen-bond donors (Lipinski definition) is 1. The van der Waals surface area contributed by atoms with Gasteiger partial charge in [-0.15, -0.1) is 0 Å². The van der Waals surface area contributed by atoms with E-state index in [1.54, 1.807) is 14.2 Å². The van der Waals surface area contributed by atoms with Crippen molar-refractivity contribution in [3.63, 3.8) is 0 Å². The largest absolute Gasteiger partial charge is 0.496 e. The van der Waals surface area contributed by atoms with Gasteiger partial charge in [0.25, 0.3) is 0 Å². The van der Waals surface area contributed by atoms with Gasteiger partial charge in [-0.2, -0.15) is 0 Å². The van der Waals surface area contributed by atoms with Gasteiger partial charge in [-0.25, -0.2) is 0 Å². The second-order valence-electron chi connectivity index (χ2n) is 7.10. The molecule has 3 aromatic rings. The Bertz CT molecular complexity index is 980. The van der Waals surface area contributed by atoms with Crippen molar-refractivity contribution in [3.8, 4) is 17.2 Å². The van der Waals surface area contributed by atoms with Gasteiger partial charge in [0.15, 0.2) is 0 Å². The van der Waals surface area contributed by atoms with Crippen LogP contribution in [-0.4, -0.2) is 19.3 Å². The maximum atomic E-state index is 11.2. The summed E-state index contributed by atoms with van der Waals surface area (Å²) in [6.07, 6.45) is -0.863. The van der Waals surface area contributed by atoms with E-state index in [-0.39, 0.29) is 0 Å². The summed E-state index contributed by atoms with van der Waals surface area (Å²) in [7, 11) is 3.28. The van der Waals surface area contributed by atoms with Gasteiger partial charge in [-0.3, -0.25) is 0 Å². The van der Waals surface area contributed by atoms with Crippen molar-refractivity contribution in [1.82, 2.24) is 0 Å². The Labute approximate surface area is 172 Å². The Kier molecular flexibility index (Phi) is 6.45. The fraction of sp³-hybridized carbons (Fsp3) is 0.280. The fourth-order valence-electron chi connectivity index (χ4n) is 3.70. The molecule has 0 aliphatic rings. The van der Waals surface area contributed by atoms with Crippen molar-refractivity contribution in [3.05, 3.63) is 88.0 Å². The van der Waals surface area contributed by atoms with Crippen LogP contribution < -0.4 is 14.2 Å². The van der Waals surface area contributed by atoms with Crippen LogP contribution >= 0.6 is 0 Å². The smallest absolute Gasteiger partial charge is 0.128 e. The molecule has 1 N–H and O–H groups in total. The highest BCUT2D eigenvalue weighted by Gasteiger charge is 2.25. The third-order valence-corrected chi connectivity index (χ3v) is 5.34. The molecule has 0 saturated heterocycles. The molecule has 4 heteroatoms. The number of aliphatic hydroxyl groups is 1. The van der Waals surface area contributed by atoms with E-state index >= 15 is 0 Å². The van der Waals surface area contributed by atoms with Gasteiger partial charge < -0.3 is 19.3 Å². The van der Waals surface area contributed by atoms with Crippen molar-refractivity contribution in [2.45, 2.75) is 33.5 Å². The van der Waals surface area contributed by atoms with E-state index in [4.69, 9.17) is 14.2 Å². The molecule has 0 heterocycles. The molecule has 1 unspecified atom stereocenters. The van der Waals surface area contributed by atoms with Gasteiger partial charge in [0.1, 0.15) is 30.0 Å². The number of aliphatic hydroxyl groups excluding tert-OH is 1. The van der Waals surface area contributed by atoms with Crippen LogP contribution in [-0.2, 0) is 6.61 Å². The summed E-state index contributed by atoms with van der Waals surface area (Å²) in [4.78, 5) is 0. The normalized spacial score (nSPS) is 11.8. The first kappa shape index (κ1) is 20.7. The molecular weight excluding hydrogens is 364 g/mol. The minimum absolute atomic E-state index is 0.472. The molecular formula is C25H28O4. The van der Waals surface area contributed by atoms with E-state index in [1.807, 2.05) is 75.4 Å². The minimum atomic E-state index is -0.863. The molecule has 0 radical (unpaired) electrons. The van der Waals surface area contributed by atoms with Gasteiger partial charge in [0.05, 0.1) is 14.2 Å². The van der Waals surface area contributed by atoms with Crippen LogP contribution in [0.5, 0.6) is 17.2 Å². The van der Waals surface area contributed by atoms with E-state index in [2.05, 4.69) is 0 Å². The quantitative estimate of drug-likeness (QED) is 0.593. The molecule has 1 atom stereocenters. The van der Waals surface area contributed by atoms with Crippen LogP contribution in [0.4, 0.5) is 0 Å². The zero-order valence-corrected chi connectivity index (χ0v) is 17.7. The Balaban J connectivity index is 1.95. The number of benzene rings is 3. The predicted octanol–water partition coefficient (Wildman–Crippen LogP) is 5.29. The molecule has 0 aliphatic carbocycles. The number of rotatable bonds is 7. The second-order valence-corrected chi connectivity index (χ2v) is 7.10. The molecule has 0 saturated carbocycles. The molecule has 3 aromatic carbocycles. The van der Waals surface area contributed by atoms with E-state index < -0.39 is 6.10 Å². The summed E-state index contributed by atoms with van der Waals surface area (Å²) in [6, 6.07) is 17.5. The van der Waals surface area contributed by atoms with E-state index in [9.17, 15) is 5.11 Å². The molecule has 152 valence electrons. The number of ether oxygens (including phenoxy) is 3. The minimum Gasteiger partial charge on any atom is -0.496 e. The van der Waals surface area contributed by atoms with Crippen molar-refractivity contribution in [2.24, 2.45) is 0 Å². The first-order valence-electron chi connectivity index (χ1n) is 9.64. The topological polar surface area (TPSA) is 47.9 Å². The van der Waals surface area contributed by atoms with Crippen molar-refractivity contribution >= 4 is 0 Å². The third-order valence-electron chi connectivity index (χ3n) is 5.34. The molecule has 3 rings (SSSR count). The van der Waals surface area contributed by atoms with Crippen LogP contribution in [0.2, 0.25) is 0 Å². The predicted molar refractivity (Wildman–Crippen MR) is 115 cm³/mol. The van der Waals surface area contributed by atoms with Crippen LogP contribution in [0, 0.1) is 20.8 Å². The maximum absolute atomic E-state index is 11.2. The molecule has 0 aliphatic heterocycles. The van der Waals surface area contributed by atoms with Crippen LogP contribution in [0.15, 0.2) is 54.6 Å². The Morgan fingerprint density at radius 2 is 1.45 bits per heavy atom. The summed E-state index contributed by atoms with van der Waals surface area (Å²) in [6.45, 7) is 6.39. The molecule has 0 aromatic heterocycles. The first-order valence-corrected chi connectivity index (χ1v) is 9.64. The molecule has 0 spiro atoms. The summed E-state index contributed by atoms with van der Waals surface area (Å²) in [5.74, 6) is 2.16. The van der Waals surface area contributed by atoms with E-state index in [0.29, 0.717) is 23.7 Å². The highest BCUT2D eigenvalue weighted by molar-refractivity contribution is 5.60. The summed E-state index contributed by atoms with van der Waals surface area (Å²) < 4.78 is 17.2. The molecule has 4 nitrogen and oxygen atoms in total. The zero-order valence-electron chi connectivity index (χ0n) is 17.7. The van der Waals surface area contributed by atoms with E-state index in [0.717, 1.165) is 33.6 Å². The monoisotopic (exact) mass is 392 g/mol. The fourth-order valence-corrected chi connectivity index (χ4v) is 3.70. The van der Waals surface area contributed by atoms with Crippen LogP contribution in [0.25, 0.3) is 0 Å². The lowest BCUT2D eigenvalue weighted by Gasteiger charge is -2.24. The average Bonchev–Trinajstić information content (AvgIpc) is 2.75. The van der Waals surface area contributed by atoms with Gasteiger partial charge in [0, 0.05) is 11.1 Å². The summed E-state index contributed by atoms with van der Waals surface area (Å²) >= 11 is 0. The lowest BCUT2D eigenvalue weighted by molar-refractivity contribution is 0.211. The lowest BCUT2D eigenvalue weighted by Crippen LogP contribution is -2.09. The standard InChI is InChI=1S/C25H28O4/c1-16-17(2)25(28-5)22(18(3)24(16)27-4)23(26)20-12-9-13-21(14-20)29-15-19-10-7-6-8-11-19/h6-14,23,26H,15H2,1-5H3. The molecule has 0 fully saturated rings. The number of hydrogen-bond acceptors (Lipinski definition) is 4. The van der Waals surface area contributed by atoms with Crippen molar-refractivity contribution in [1.29, 1.82) is 0 Å². The zero-order chi connectivity index (χ0) is 21.0. The van der Waals surface area contributed by atoms with Gasteiger partial charge in [0.2, 0.25) is 0 Å². The molecule has 0 bridgehead atoms. The molecule has 0 amide bonds. The summed E-state index contributed by atoms with van der Waals surface area (Å²) in [5, 5.41) is 11.2. The van der Waals surface area contributed by atoms with Gasteiger partial charge >= 0.3 is 0 Å². The Hall–Kier alpha value is -2.98. The van der Waals surface area contributed by atoms with Gasteiger partial charge in [-0.1, -0.05) is 42.5 Å². The van der Waals surface area contributed by atoms with Crippen LogP contribution in [0.1, 0.15) is 39.5 Å². The molecule has 29 heavy (non-hydrogen) atoms. The van der Waals surface area contributed by atoms with Gasteiger partial charge in [-0.05, 0) is 55.2 Å². The second kappa shape index (κ2) is 9.01. The summed E-state index contributed by atoms with van der Waals surface area (Å²) in [5.41, 5.74) is 5.39. The SMILES string of the molecule is COc1c(C)c(C)c(OC)c(C(O)c2cccc(OCc3ccccc3)c2)c1C. The van der Waals surface area contributed by atoms with E-state index in [1.165, 1.54) is 0 Å². The Morgan fingerprint density at radius 3 is 2.10 bits per heavy atom. The lowest BCUT2D eigenvalue weighted by atomic mass is 9.91. The van der Waals surface area contributed by atoms with Crippen molar-refractivity contribution in [2.75, 3.05) is 14.2 Å². The third kappa shape index (κ3) is 4.22. The number of methoxy groups -OCH3 is 2. The maximum Gasteiger partial charge on any atom is 0.128 e. The Morgan fingerprint density at radius 1 is 0.793 bits per heavy atom. The first-order chi connectivity index (χ1) is 14.0.